The van der Waals surface area contributed by atoms with E-state index < -0.39 is 11.6 Å². The third-order valence-corrected chi connectivity index (χ3v) is 5.18. The summed E-state index contributed by atoms with van der Waals surface area (Å²) < 4.78 is 1.74. The highest BCUT2D eigenvalue weighted by Gasteiger charge is 2.52. The topological polar surface area (TPSA) is 96.3 Å². The molecule has 8 heteroatoms. The SMILES string of the molecule is Cc1cc(C)n(CCC(=O)NN2C(=O)NC3(CCC(C)CC3)C2=O)n1. The van der Waals surface area contributed by atoms with Crippen molar-refractivity contribution >= 4 is 17.8 Å². The van der Waals surface area contributed by atoms with Crippen LogP contribution in [0.1, 0.15) is 50.4 Å². The van der Waals surface area contributed by atoms with Crippen LogP contribution in [0.5, 0.6) is 0 Å². The highest BCUT2D eigenvalue weighted by Crippen LogP contribution is 2.35. The second-order valence-electron chi connectivity index (χ2n) is 7.27. The maximum Gasteiger partial charge on any atom is 0.344 e. The molecule has 1 aromatic heterocycles. The number of aryl methyl sites for hydroxylation is 3. The fourth-order valence-corrected chi connectivity index (χ4v) is 3.61. The van der Waals surface area contributed by atoms with Crippen LogP contribution in [0, 0.1) is 19.8 Å². The van der Waals surface area contributed by atoms with Gasteiger partial charge in [-0.25, -0.2) is 4.79 Å². The van der Waals surface area contributed by atoms with Gasteiger partial charge in [0.05, 0.1) is 12.2 Å². The lowest BCUT2D eigenvalue weighted by molar-refractivity contribution is -0.140. The average Bonchev–Trinajstić information content (AvgIpc) is 3.00. The molecule has 2 heterocycles. The lowest BCUT2D eigenvalue weighted by Gasteiger charge is -2.33. The number of aromatic nitrogens is 2. The van der Waals surface area contributed by atoms with E-state index in [1.165, 1.54) is 0 Å². The molecule has 4 amide bonds. The number of hydrogen-bond acceptors (Lipinski definition) is 4. The van der Waals surface area contributed by atoms with Crippen LogP contribution in [0.2, 0.25) is 0 Å². The summed E-state index contributed by atoms with van der Waals surface area (Å²) in [5, 5.41) is 7.93. The first-order valence-electron chi connectivity index (χ1n) is 8.78. The van der Waals surface area contributed by atoms with E-state index in [4.69, 9.17) is 0 Å². The first-order chi connectivity index (χ1) is 11.8. The van der Waals surface area contributed by atoms with Crippen LogP contribution in [0.3, 0.4) is 0 Å². The quantitative estimate of drug-likeness (QED) is 0.805. The zero-order valence-corrected chi connectivity index (χ0v) is 15.0. The third kappa shape index (κ3) is 3.38. The summed E-state index contributed by atoms with van der Waals surface area (Å²) in [6, 6.07) is 1.39. The fourth-order valence-electron chi connectivity index (χ4n) is 3.61. The molecule has 1 aromatic rings. The summed E-state index contributed by atoms with van der Waals surface area (Å²) in [6.07, 6.45) is 3.17. The van der Waals surface area contributed by atoms with Gasteiger partial charge in [0.2, 0.25) is 5.91 Å². The standard InChI is InChI=1S/C17H25N5O3/c1-11-4-7-17(8-5-11)15(24)22(16(25)18-17)20-14(23)6-9-21-13(3)10-12(2)19-21/h10-11H,4-9H2,1-3H3,(H,18,25)(H,20,23). The third-order valence-electron chi connectivity index (χ3n) is 5.18. The summed E-state index contributed by atoms with van der Waals surface area (Å²) >= 11 is 0. The summed E-state index contributed by atoms with van der Waals surface area (Å²) in [5.74, 6) is -0.166. The Morgan fingerprint density at radius 2 is 2.04 bits per heavy atom. The van der Waals surface area contributed by atoms with Crippen LogP contribution >= 0.6 is 0 Å². The molecular formula is C17H25N5O3. The molecule has 1 saturated heterocycles. The largest absolute Gasteiger partial charge is 0.344 e. The van der Waals surface area contributed by atoms with Gasteiger partial charge in [0, 0.05) is 12.1 Å². The van der Waals surface area contributed by atoms with Crippen molar-refractivity contribution in [1.29, 1.82) is 0 Å². The summed E-state index contributed by atoms with van der Waals surface area (Å²) in [4.78, 5) is 37.0. The van der Waals surface area contributed by atoms with Gasteiger partial charge in [0.15, 0.2) is 0 Å². The van der Waals surface area contributed by atoms with Crippen LogP contribution in [-0.2, 0) is 16.1 Å². The lowest BCUT2D eigenvalue weighted by Crippen LogP contribution is -2.51. The molecule has 8 nitrogen and oxygen atoms in total. The summed E-state index contributed by atoms with van der Waals surface area (Å²) in [6.45, 7) is 6.36. The Morgan fingerprint density at radius 3 is 2.64 bits per heavy atom. The zero-order chi connectivity index (χ0) is 18.2. The Balaban J connectivity index is 1.58. The molecule has 0 unspecified atom stereocenters. The van der Waals surface area contributed by atoms with Gasteiger partial charge in [-0.15, -0.1) is 0 Å². The normalized spacial score (nSPS) is 26.2. The summed E-state index contributed by atoms with van der Waals surface area (Å²) in [5.41, 5.74) is 3.47. The molecule has 1 saturated carbocycles. The smallest absolute Gasteiger partial charge is 0.322 e. The first kappa shape index (κ1) is 17.4. The van der Waals surface area contributed by atoms with Crippen molar-refractivity contribution < 1.29 is 14.4 Å². The van der Waals surface area contributed by atoms with Gasteiger partial charge in [-0.05, 0) is 51.5 Å². The van der Waals surface area contributed by atoms with Crippen LogP contribution in [0.25, 0.3) is 0 Å². The minimum atomic E-state index is -0.841. The Bertz CT molecular complexity index is 703. The maximum atomic E-state index is 12.7. The predicted molar refractivity (Wildman–Crippen MR) is 90.2 cm³/mol. The molecule has 1 aliphatic carbocycles. The van der Waals surface area contributed by atoms with Crippen LogP contribution in [-0.4, -0.2) is 38.2 Å². The maximum absolute atomic E-state index is 12.7. The number of amides is 4. The van der Waals surface area contributed by atoms with Crippen molar-refractivity contribution in [3.63, 3.8) is 0 Å². The molecule has 0 aromatic carbocycles. The average molecular weight is 347 g/mol. The van der Waals surface area contributed by atoms with E-state index in [1.54, 1.807) is 4.68 Å². The Kier molecular flexibility index (Phi) is 4.53. The van der Waals surface area contributed by atoms with E-state index in [0.717, 1.165) is 29.2 Å². The minimum Gasteiger partial charge on any atom is -0.322 e. The lowest BCUT2D eigenvalue weighted by atomic mass is 9.77. The van der Waals surface area contributed by atoms with E-state index in [2.05, 4.69) is 22.8 Å². The molecule has 2 N–H and O–H groups in total. The molecule has 3 rings (SSSR count). The molecule has 0 bridgehead atoms. The Morgan fingerprint density at radius 1 is 1.36 bits per heavy atom. The molecule has 0 radical (unpaired) electrons. The molecule has 0 atom stereocenters. The number of hydrazine groups is 1. The number of nitrogens with one attached hydrogen (secondary N) is 2. The van der Waals surface area contributed by atoms with Crippen molar-refractivity contribution in [3.8, 4) is 0 Å². The molecule has 25 heavy (non-hydrogen) atoms. The van der Waals surface area contributed by atoms with E-state index in [1.807, 2.05) is 19.9 Å². The van der Waals surface area contributed by atoms with Gasteiger partial charge in [0.25, 0.3) is 5.91 Å². The number of carbonyl (C=O) groups excluding carboxylic acids is 3. The molecular weight excluding hydrogens is 322 g/mol. The molecule has 1 aliphatic heterocycles. The molecule has 1 spiro atoms. The number of imide groups is 1. The van der Waals surface area contributed by atoms with Crippen molar-refractivity contribution in [1.82, 2.24) is 25.5 Å². The van der Waals surface area contributed by atoms with Crippen LogP contribution < -0.4 is 10.7 Å². The van der Waals surface area contributed by atoms with E-state index in [9.17, 15) is 14.4 Å². The number of rotatable bonds is 4. The predicted octanol–water partition coefficient (Wildman–Crippen LogP) is 1.42. The number of nitrogens with zero attached hydrogens (tertiary/aromatic N) is 3. The monoisotopic (exact) mass is 347 g/mol. The van der Waals surface area contributed by atoms with Gasteiger partial charge < -0.3 is 5.32 Å². The van der Waals surface area contributed by atoms with Gasteiger partial charge in [-0.3, -0.25) is 19.7 Å². The second-order valence-corrected chi connectivity index (χ2v) is 7.27. The fraction of sp³-hybridized carbons (Fsp3) is 0.647. The Labute approximate surface area is 146 Å². The van der Waals surface area contributed by atoms with Crippen molar-refractivity contribution in [2.45, 2.75) is 65.0 Å². The number of hydrogen-bond donors (Lipinski definition) is 2. The summed E-state index contributed by atoms with van der Waals surface area (Å²) in [7, 11) is 0. The highest BCUT2D eigenvalue weighted by molar-refractivity contribution is 6.08. The van der Waals surface area contributed by atoms with E-state index in [0.29, 0.717) is 25.3 Å². The van der Waals surface area contributed by atoms with Crippen molar-refractivity contribution in [2.24, 2.45) is 5.92 Å². The van der Waals surface area contributed by atoms with Crippen molar-refractivity contribution in [2.75, 3.05) is 0 Å². The molecule has 2 aliphatic rings. The van der Waals surface area contributed by atoms with Gasteiger partial charge in [-0.2, -0.15) is 10.1 Å². The van der Waals surface area contributed by atoms with Crippen LogP contribution in [0.15, 0.2) is 6.07 Å². The van der Waals surface area contributed by atoms with Gasteiger partial charge in [0.1, 0.15) is 5.54 Å². The minimum absolute atomic E-state index is 0.142. The highest BCUT2D eigenvalue weighted by atomic mass is 16.2. The van der Waals surface area contributed by atoms with Gasteiger partial charge in [-0.1, -0.05) is 6.92 Å². The van der Waals surface area contributed by atoms with E-state index in [-0.39, 0.29) is 18.2 Å². The number of urea groups is 1. The number of carbonyl (C=O) groups is 3. The van der Waals surface area contributed by atoms with Crippen LogP contribution in [0.4, 0.5) is 4.79 Å². The van der Waals surface area contributed by atoms with Crippen molar-refractivity contribution in [3.05, 3.63) is 17.5 Å². The van der Waals surface area contributed by atoms with E-state index >= 15 is 0 Å². The zero-order valence-electron chi connectivity index (χ0n) is 15.0. The first-order valence-corrected chi connectivity index (χ1v) is 8.78. The Hall–Kier alpha value is -2.38. The molecule has 136 valence electrons. The van der Waals surface area contributed by atoms with Gasteiger partial charge >= 0.3 is 6.03 Å². The molecule has 2 fully saturated rings. The second kappa shape index (κ2) is 6.50.